The van der Waals surface area contributed by atoms with Gasteiger partial charge in [-0.15, -0.1) is 0 Å². The Kier molecular flexibility index (Phi) is 5.45. The van der Waals surface area contributed by atoms with Crippen molar-refractivity contribution in [3.8, 4) is 0 Å². The van der Waals surface area contributed by atoms with Crippen LogP contribution in [0.4, 0.5) is 4.79 Å². The number of aliphatic carboxylic acids is 1. The molecule has 21 heavy (non-hydrogen) atoms. The number of ether oxygens (including phenoxy) is 2. The van der Waals surface area contributed by atoms with Gasteiger partial charge in [0.1, 0.15) is 11.6 Å². The first kappa shape index (κ1) is 16.1. The van der Waals surface area contributed by atoms with E-state index in [1.54, 1.807) is 13.8 Å². The molecule has 1 saturated heterocycles. The van der Waals surface area contributed by atoms with Gasteiger partial charge < -0.3 is 14.6 Å². The van der Waals surface area contributed by atoms with E-state index in [1.165, 1.54) is 4.90 Å². The summed E-state index contributed by atoms with van der Waals surface area (Å²) in [4.78, 5) is 24.7. The predicted molar refractivity (Wildman–Crippen MR) is 78.2 cm³/mol. The molecule has 2 atom stereocenters. The van der Waals surface area contributed by atoms with Crippen molar-refractivity contribution in [2.75, 3.05) is 13.2 Å². The monoisotopic (exact) mass is 302 g/mol. The zero-order valence-electron chi connectivity index (χ0n) is 14.3. The Morgan fingerprint density at radius 3 is 2.67 bits per heavy atom. The van der Waals surface area contributed by atoms with Gasteiger partial charge in [0.25, 0.3) is 0 Å². The molecule has 1 amide bonds. The molecule has 0 aromatic heterocycles. The molecule has 0 aromatic rings. The highest BCUT2D eigenvalue weighted by molar-refractivity contribution is 5.81. The zero-order valence-corrected chi connectivity index (χ0v) is 13.3. The molecule has 1 fully saturated rings. The lowest BCUT2D eigenvalue weighted by atomic mass is 10.1. The first-order valence-corrected chi connectivity index (χ1v) is 7.29. The van der Waals surface area contributed by atoms with Gasteiger partial charge in [-0.1, -0.05) is 13.8 Å². The topological polar surface area (TPSA) is 76.1 Å². The number of carbonyl (C=O) groups is 2. The molecule has 0 unspecified atom stereocenters. The molecule has 1 aliphatic heterocycles. The highest BCUT2D eigenvalue weighted by Crippen LogP contribution is 2.23. The maximum Gasteiger partial charge on any atom is 0.411 e. The molecule has 1 N–H and O–H groups in total. The SMILES string of the molecule is [2H]CC(C)(C)OC(=O)N1C[C@H](OCCC(C)C)C[C@H]1C(=O)O. The summed E-state index contributed by atoms with van der Waals surface area (Å²) >= 11 is 0. The van der Waals surface area contributed by atoms with Crippen LogP contribution in [-0.4, -0.2) is 53.0 Å². The average molecular weight is 302 g/mol. The first-order valence-electron chi connectivity index (χ1n) is 8.00. The van der Waals surface area contributed by atoms with Crippen LogP contribution in [0.2, 0.25) is 0 Å². The van der Waals surface area contributed by atoms with Gasteiger partial charge in [0.05, 0.1) is 12.6 Å². The van der Waals surface area contributed by atoms with E-state index in [0.717, 1.165) is 6.42 Å². The third-order valence-corrected chi connectivity index (χ3v) is 3.19. The summed E-state index contributed by atoms with van der Waals surface area (Å²) in [5.41, 5.74) is -0.934. The number of likely N-dealkylation sites (tertiary alicyclic amines) is 1. The van der Waals surface area contributed by atoms with Crippen molar-refractivity contribution in [1.82, 2.24) is 4.90 Å². The highest BCUT2D eigenvalue weighted by Gasteiger charge is 2.42. The summed E-state index contributed by atoms with van der Waals surface area (Å²) in [7, 11) is 0. The molecule has 1 heterocycles. The van der Waals surface area contributed by atoms with E-state index >= 15 is 0 Å². The minimum absolute atomic E-state index is 0.0847. The van der Waals surface area contributed by atoms with Crippen molar-refractivity contribution in [2.24, 2.45) is 5.92 Å². The van der Waals surface area contributed by atoms with Crippen molar-refractivity contribution in [3.05, 3.63) is 0 Å². The molecule has 0 aromatic carbocycles. The van der Waals surface area contributed by atoms with Gasteiger partial charge in [-0.05, 0) is 33.1 Å². The third-order valence-electron chi connectivity index (χ3n) is 3.19. The fourth-order valence-electron chi connectivity index (χ4n) is 2.12. The van der Waals surface area contributed by atoms with Crippen molar-refractivity contribution in [2.45, 2.75) is 65.2 Å². The van der Waals surface area contributed by atoms with Crippen LogP contribution in [0.15, 0.2) is 0 Å². The van der Waals surface area contributed by atoms with Gasteiger partial charge in [-0.3, -0.25) is 4.90 Å². The Morgan fingerprint density at radius 1 is 1.48 bits per heavy atom. The largest absolute Gasteiger partial charge is 0.480 e. The minimum Gasteiger partial charge on any atom is -0.480 e. The van der Waals surface area contributed by atoms with Crippen LogP contribution in [0.1, 0.15) is 48.8 Å². The number of hydrogen-bond donors (Lipinski definition) is 1. The van der Waals surface area contributed by atoms with Gasteiger partial charge in [0.2, 0.25) is 0 Å². The third kappa shape index (κ3) is 5.91. The lowest BCUT2D eigenvalue weighted by Gasteiger charge is -2.26. The standard InChI is InChI=1S/C15H27NO5/c1-10(2)6-7-20-11-8-12(13(17)18)16(9-11)14(19)21-15(3,4)5/h10-12H,6-9H2,1-5H3,(H,17,18)/t11-,12+/m1/s1/i3D. The van der Waals surface area contributed by atoms with E-state index in [4.69, 9.17) is 10.8 Å². The molecule has 0 radical (unpaired) electrons. The number of amides is 1. The predicted octanol–water partition coefficient (Wildman–Crippen LogP) is 2.51. The molecular weight excluding hydrogens is 274 g/mol. The van der Waals surface area contributed by atoms with Crippen LogP contribution < -0.4 is 0 Å². The van der Waals surface area contributed by atoms with Crippen molar-refractivity contribution >= 4 is 12.1 Å². The molecule has 122 valence electrons. The molecule has 6 nitrogen and oxygen atoms in total. The van der Waals surface area contributed by atoms with E-state index in [-0.39, 0.29) is 26.0 Å². The highest BCUT2D eigenvalue weighted by atomic mass is 16.6. The summed E-state index contributed by atoms with van der Waals surface area (Å²) in [6.07, 6.45) is 0.181. The van der Waals surface area contributed by atoms with Crippen molar-refractivity contribution in [3.63, 3.8) is 0 Å². The van der Waals surface area contributed by atoms with E-state index in [1.807, 2.05) is 0 Å². The van der Waals surface area contributed by atoms with Crippen LogP contribution >= 0.6 is 0 Å². The Labute approximate surface area is 127 Å². The number of hydrogen-bond acceptors (Lipinski definition) is 4. The number of carboxylic acids is 1. The zero-order chi connectivity index (χ0) is 16.9. The Hall–Kier alpha value is -1.30. The van der Waals surface area contributed by atoms with Crippen LogP contribution in [0.5, 0.6) is 0 Å². The summed E-state index contributed by atoms with van der Waals surface area (Å²) in [5, 5.41) is 9.28. The molecule has 0 bridgehead atoms. The van der Waals surface area contributed by atoms with Crippen LogP contribution in [0.25, 0.3) is 0 Å². The first-order chi connectivity index (χ1) is 10.2. The Morgan fingerprint density at radius 2 is 2.14 bits per heavy atom. The van der Waals surface area contributed by atoms with Gasteiger partial charge in [0, 0.05) is 14.4 Å². The molecule has 0 saturated carbocycles. The number of nitrogens with zero attached hydrogens (tertiary/aromatic N) is 1. The lowest BCUT2D eigenvalue weighted by molar-refractivity contribution is -0.142. The second kappa shape index (κ2) is 7.11. The smallest absolute Gasteiger partial charge is 0.411 e. The summed E-state index contributed by atoms with van der Waals surface area (Å²) in [5.74, 6) is -0.550. The number of carbonyl (C=O) groups excluding carboxylic acids is 1. The second-order valence-corrected chi connectivity index (χ2v) is 6.55. The number of rotatable bonds is 5. The van der Waals surface area contributed by atoms with E-state index in [2.05, 4.69) is 13.8 Å². The minimum atomic E-state index is -1.06. The number of carboxylic acid groups (broad SMARTS) is 1. The van der Waals surface area contributed by atoms with Crippen molar-refractivity contribution < 1.29 is 25.5 Å². The second-order valence-electron chi connectivity index (χ2n) is 6.55. The molecular formula is C15H27NO5. The van der Waals surface area contributed by atoms with E-state index in [0.29, 0.717) is 12.5 Å². The fraction of sp³-hybridized carbons (Fsp3) is 0.867. The summed E-state index contributed by atoms with van der Waals surface area (Å²) in [6.45, 7) is 8.10. The average Bonchev–Trinajstić information content (AvgIpc) is 2.82. The molecule has 0 aliphatic carbocycles. The van der Waals surface area contributed by atoms with Crippen LogP contribution in [0.3, 0.4) is 0 Å². The molecule has 6 heteroatoms. The molecule has 1 aliphatic rings. The molecule has 1 rings (SSSR count). The van der Waals surface area contributed by atoms with E-state index < -0.39 is 23.7 Å². The van der Waals surface area contributed by atoms with Gasteiger partial charge >= 0.3 is 12.1 Å². The van der Waals surface area contributed by atoms with Gasteiger partial charge in [0.15, 0.2) is 0 Å². The van der Waals surface area contributed by atoms with Gasteiger partial charge in [-0.2, -0.15) is 0 Å². The summed E-state index contributed by atoms with van der Waals surface area (Å²) < 4.78 is 18.2. The van der Waals surface area contributed by atoms with Gasteiger partial charge in [-0.25, -0.2) is 9.59 Å². The maximum absolute atomic E-state index is 12.2. The normalized spacial score (nSPS) is 23.3. The Balaban J connectivity index is 2.63. The van der Waals surface area contributed by atoms with E-state index in [9.17, 15) is 14.7 Å². The maximum atomic E-state index is 12.2. The quantitative estimate of drug-likeness (QED) is 0.844. The fourth-order valence-corrected chi connectivity index (χ4v) is 2.12. The van der Waals surface area contributed by atoms with Crippen LogP contribution in [0, 0.1) is 5.92 Å². The van der Waals surface area contributed by atoms with Crippen LogP contribution in [-0.2, 0) is 14.3 Å². The van der Waals surface area contributed by atoms with Crippen molar-refractivity contribution in [1.29, 1.82) is 0 Å². The lowest BCUT2D eigenvalue weighted by Crippen LogP contribution is -2.43. The Bertz CT molecular complexity index is 399. The molecule has 0 spiro atoms. The summed E-state index contributed by atoms with van der Waals surface area (Å²) in [6, 6.07) is -0.932.